The summed E-state index contributed by atoms with van der Waals surface area (Å²) in [4.78, 5) is 45.8. The van der Waals surface area contributed by atoms with Crippen molar-refractivity contribution in [2.45, 2.75) is 32.7 Å². The van der Waals surface area contributed by atoms with Crippen LogP contribution in [0.1, 0.15) is 32.3 Å². The molecule has 1 amide bonds. The monoisotopic (exact) mass is 322 g/mol. The number of amides is 1. The first-order valence-corrected chi connectivity index (χ1v) is 6.96. The van der Waals surface area contributed by atoms with Crippen molar-refractivity contribution < 1.29 is 24.0 Å². The first-order valence-electron chi connectivity index (χ1n) is 6.96. The number of ketones is 1. The number of non-ortho nitro benzene ring substituents is 1. The summed E-state index contributed by atoms with van der Waals surface area (Å²) in [5, 5.41) is 13.3. The number of hydrogen-bond donors (Lipinski definition) is 1. The molecule has 0 saturated carbocycles. The molecule has 0 saturated heterocycles. The lowest BCUT2D eigenvalue weighted by atomic mass is 9.87. The fraction of sp³-hybridized carbons (Fsp3) is 0.400. The lowest BCUT2D eigenvalue weighted by Gasteiger charge is -2.24. The maximum Gasteiger partial charge on any atom is 0.329 e. The molecule has 0 bridgehead atoms. The second kappa shape index (κ2) is 8.02. The van der Waals surface area contributed by atoms with Gasteiger partial charge < -0.3 is 10.1 Å². The fourth-order valence-corrected chi connectivity index (χ4v) is 2.22. The van der Waals surface area contributed by atoms with E-state index in [-0.39, 0.29) is 17.9 Å². The molecule has 1 N–H and O–H groups in total. The van der Waals surface area contributed by atoms with Crippen LogP contribution in [0.15, 0.2) is 24.3 Å². The smallest absolute Gasteiger partial charge is 0.329 e. The van der Waals surface area contributed by atoms with Gasteiger partial charge in [0, 0.05) is 19.1 Å². The highest BCUT2D eigenvalue weighted by Crippen LogP contribution is 2.25. The van der Waals surface area contributed by atoms with E-state index in [2.05, 4.69) is 5.32 Å². The van der Waals surface area contributed by atoms with Crippen molar-refractivity contribution >= 4 is 23.3 Å². The number of rotatable bonds is 7. The van der Waals surface area contributed by atoms with E-state index in [4.69, 9.17) is 4.74 Å². The maximum absolute atomic E-state index is 12.1. The maximum atomic E-state index is 12.1. The van der Waals surface area contributed by atoms with Crippen LogP contribution in [0, 0.1) is 10.1 Å². The predicted octanol–water partition coefficient (Wildman–Crippen LogP) is 1.34. The van der Waals surface area contributed by atoms with E-state index in [0.29, 0.717) is 0 Å². The Morgan fingerprint density at radius 3 is 2.43 bits per heavy atom. The number of Topliss-reactive ketones (excluding diaryl/α,β-unsaturated/α-hetero) is 1. The number of hydrogen-bond acceptors (Lipinski definition) is 6. The lowest BCUT2D eigenvalue weighted by Crippen LogP contribution is -2.47. The summed E-state index contributed by atoms with van der Waals surface area (Å²) < 4.78 is 4.90. The van der Waals surface area contributed by atoms with E-state index >= 15 is 0 Å². The van der Waals surface area contributed by atoms with Crippen molar-refractivity contribution in [3.8, 4) is 0 Å². The molecule has 0 aliphatic rings. The SMILES string of the molecule is CCOC(=O)[C@@H](NC(C)=O)[C@H](C(C)=O)c1cccc([N+](=O)[O-])c1. The van der Waals surface area contributed by atoms with E-state index in [1.54, 1.807) is 6.92 Å². The van der Waals surface area contributed by atoms with Gasteiger partial charge in [0.1, 0.15) is 11.8 Å². The van der Waals surface area contributed by atoms with Crippen LogP contribution in [-0.4, -0.2) is 35.2 Å². The van der Waals surface area contributed by atoms with Crippen molar-refractivity contribution in [2.75, 3.05) is 6.61 Å². The lowest BCUT2D eigenvalue weighted by molar-refractivity contribution is -0.384. The third-order valence-corrected chi connectivity index (χ3v) is 3.11. The second-order valence-electron chi connectivity index (χ2n) is 4.87. The Morgan fingerprint density at radius 1 is 1.30 bits per heavy atom. The van der Waals surface area contributed by atoms with Gasteiger partial charge in [-0.25, -0.2) is 4.79 Å². The summed E-state index contributed by atoms with van der Waals surface area (Å²) in [6, 6.07) is 4.15. The van der Waals surface area contributed by atoms with Crippen LogP contribution in [0.5, 0.6) is 0 Å². The molecule has 1 aromatic carbocycles. The molecule has 0 spiro atoms. The Balaban J connectivity index is 3.32. The number of nitrogens with zero attached hydrogens (tertiary/aromatic N) is 1. The first-order chi connectivity index (χ1) is 10.8. The zero-order valence-electron chi connectivity index (χ0n) is 13.1. The summed E-state index contributed by atoms with van der Waals surface area (Å²) in [6.45, 7) is 4.13. The van der Waals surface area contributed by atoms with Crippen molar-refractivity contribution in [2.24, 2.45) is 0 Å². The number of carbonyl (C=O) groups excluding carboxylic acids is 3. The fourth-order valence-electron chi connectivity index (χ4n) is 2.22. The summed E-state index contributed by atoms with van der Waals surface area (Å²) in [6.07, 6.45) is 0. The van der Waals surface area contributed by atoms with Gasteiger partial charge in [-0.15, -0.1) is 0 Å². The molecule has 8 nitrogen and oxygen atoms in total. The number of nitrogens with one attached hydrogen (secondary N) is 1. The molecule has 124 valence electrons. The summed E-state index contributed by atoms with van der Waals surface area (Å²) in [5.41, 5.74) is 0.0534. The zero-order valence-corrected chi connectivity index (χ0v) is 13.1. The topological polar surface area (TPSA) is 116 Å². The number of carbonyl (C=O) groups is 3. The van der Waals surface area contributed by atoms with E-state index < -0.39 is 34.5 Å². The molecule has 2 atom stereocenters. The number of nitro benzene ring substituents is 1. The molecule has 1 aromatic rings. The minimum atomic E-state index is -1.24. The molecule has 0 radical (unpaired) electrons. The van der Waals surface area contributed by atoms with Crippen LogP contribution >= 0.6 is 0 Å². The molecule has 1 rings (SSSR count). The molecular formula is C15H18N2O6. The molecule has 0 aliphatic carbocycles. The molecule has 0 aromatic heterocycles. The number of esters is 1. The Bertz CT molecular complexity index is 628. The highest BCUT2D eigenvalue weighted by atomic mass is 16.6. The average Bonchev–Trinajstić information content (AvgIpc) is 2.46. The van der Waals surface area contributed by atoms with Gasteiger partial charge in [-0.2, -0.15) is 0 Å². The third-order valence-electron chi connectivity index (χ3n) is 3.11. The summed E-state index contributed by atoms with van der Waals surface area (Å²) in [7, 11) is 0. The van der Waals surface area contributed by atoms with Crippen LogP contribution in [0.4, 0.5) is 5.69 Å². The minimum absolute atomic E-state index is 0.0779. The molecule has 23 heavy (non-hydrogen) atoms. The van der Waals surface area contributed by atoms with E-state index in [1.165, 1.54) is 38.1 Å². The Kier molecular flexibility index (Phi) is 6.37. The largest absolute Gasteiger partial charge is 0.464 e. The van der Waals surface area contributed by atoms with Crippen molar-refractivity contribution in [3.63, 3.8) is 0 Å². The normalized spacial score (nSPS) is 12.8. The summed E-state index contributed by atoms with van der Waals surface area (Å²) >= 11 is 0. The standard InChI is InChI=1S/C15H18N2O6/c1-4-23-15(20)14(16-10(3)19)13(9(2)18)11-6-5-7-12(8-11)17(21)22/h5-8,13-14H,4H2,1-3H3,(H,16,19)/t13-,14+/m1/s1. The first kappa shape index (κ1) is 18.3. The van der Waals surface area contributed by atoms with E-state index in [9.17, 15) is 24.5 Å². The predicted molar refractivity (Wildman–Crippen MR) is 80.8 cm³/mol. The highest BCUT2D eigenvalue weighted by Gasteiger charge is 2.35. The van der Waals surface area contributed by atoms with Crippen LogP contribution in [0.2, 0.25) is 0 Å². The Labute approximate surface area is 133 Å². The van der Waals surface area contributed by atoms with Gasteiger partial charge in [-0.3, -0.25) is 19.7 Å². The van der Waals surface area contributed by atoms with Crippen LogP contribution < -0.4 is 5.32 Å². The quantitative estimate of drug-likeness (QED) is 0.460. The Morgan fingerprint density at radius 2 is 1.96 bits per heavy atom. The Hall–Kier alpha value is -2.77. The van der Waals surface area contributed by atoms with Gasteiger partial charge in [0.15, 0.2) is 0 Å². The molecule has 0 aliphatic heterocycles. The third kappa shape index (κ3) is 4.87. The molecule has 0 unspecified atom stereocenters. The van der Waals surface area contributed by atoms with Crippen LogP contribution in [-0.2, 0) is 19.1 Å². The molecular weight excluding hydrogens is 304 g/mol. The van der Waals surface area contributed by atoms with Crippen LogP contribution in [0.3, 0.4) is 0 Å². The average molecular weight is 322 g/mol. The van der Waals surface area contributed by atoms with Crippen molar-refractivity contribution in [3.05, 3.63) is 39.9 Å². The number of ether oxygens (including phenoxy) is 1. The van der Waals surface area contributed by atoms with Crippen molar-refractivity contribution in [1.29, 1.82) is 0 Å². The van der Waals surface area contributed by atoms with Crippen molar-refractivity contribution in [1.82, 2.24) is 5.32 Å². The second-order valence-corrected chi connectivity index (χ2v) is 4.87. The van der Waals surface area contributed by atoms with Gasteiger partial charge >= 0.3 is 5.97 Å². The molecule has 8 heteroatoms. The highest BCUT2D eigenvalue weighted by molar-refractivity contribution is 5.94. The van der Waals surface area contributed by atoms with Gasteiger partial charge in [-0.05, 0) is 19.4 Å². The van der Waals surface area contributed by atoms with Gasteiger partial charge in [0.05, 0.1) is 17.4 Å². The minimum Gasteiger partial charge on any atom is -0.464 e. The van der Waals surface area contributed by atoms with Gasteiger partial charge in [-0.1, -0.05) is 12.1 Å². The molecule has 0 fully saturated rings. The number of benzene rings is 1. The van der Waals surface area contributed by atoms with Crippen LogP contribution in [0.25, 0.3) is 0 Å². The zero-order chi connectivity index (χ0) is 17.6. The van der Waals surface area contributed by atoms with E-state index in [0.717, 1.165) is 0 Å². The summed E-state index contributed by atoms with van der Waals surface area (Å²) in [5.74, 6) is -2.77. The van der Waals surface area contributed by atoms with Gasteiger partial charge in [0.25, 0.3) is 5.69 Å². The number of nitro groups is 1. The van der Waals surface area contributed by atoms with E-state index in [1.807, 2.05) is 0 Å². The van der Waals surface area contributed by atoms with Gasteiger partial charge in [0.2, 0.25) is 5.91 Å². The molecule has 0 heterocycles.